The first-order valence-corrected chi connectivity index (χ1v) is 10.5. The Hall–Kier alpha value is -3.31. The second kappa shape index (κ2) is 9.26. The highest BCUT2D eigenvalue weighted by atomic mass is 31.2. The largest absolute Gasteiger partial charge is 0.427 e. The molecule has 7 nitrogen and oxygen atoms in total. The van der Waals surface area contributed by atoms with E-state index in [1.807, 2.05) is 0 Å². The molecule has 0 amide bonds. The van der Waals surface area contributed by atoms with Crippen LogP contribution in [0.3, 0.4) is 0 Å². The zero-order valence-electron chi connectivity index (χ0n) is 16.3. The number of ether oxygens (including phenoxy) is 2. The van der Waals surface area contributed by atoms with Crippen molar-refractivity contribution in [3.05, 3.63) is 72.8 Å². The summed E-state index contributed by atoms with van der Waals surface area (Å²) in [6.45, 7) is 11.3. The van der Waals surface area contributed by atoms with Crippen LogP contribution in [0.25, 0.3) is 0 Å². The molecule has 2 rings (SSSR count). The van der Waals surface area contributed by atoms with E-state index in [4.69, 9.17) is 18.5 Å². The van der Waals surface area contributed by atoms with Crippen LogP contribution in [0.4, 0.5) is 0 Å². The molecule has 0 saturated heterocycles. The number of hydrogen-bond donors (Lipinski definition) is 0. The molecule has 152 valence electrons. The predicted octanol–water partition coefficient (Wildman–Crippen LogP) is 4.93. The van der Waals surface area contributed by atoms with Gasteiger partial charge in [0, 0.05) is 11.1 Å². The molecule has 29 heavy (non-hydrogen) atoms. The molecule has 0 radical (unpaired) electrons. The van der Waals surface area contributed by atoms with Crippen molar-refractivity contribution in [3.63, 3.8) is 0 Å². The number of carbonyl (C=O) groups excluding carboxylic acids is 2. The Labute approximate surface area is 169 Å². The Morgan fingerprint density at radius 2 is 1.03 bits per heavy atom. The summed E-state index contributed by atoms with van der Waals surface area (Å²) in [7, 11) is -3.75. The van der Waals surface area contributed by atoms with E-state index in [9.17, 15) is 14.2 Å². The lowest BCUT2D eigenvalue weighted by Gasteiger charge is -2.19. The van der Waals surface area contributed by atoms with Gasteiger partial charge >= 0.3 is 19.5 Å². The fourth-order valence-electron chi connectivity index (χ4n) is 1.97. The van der Waals surface area contributed by atoms with Crippen molar-refractivity contribution >= 4 is 19.5 Å². The minimum absolute atomic E-state index is 0.0457. The van der Waals surface area contributed by atoms with E-state index in [2.05, 4.69) is 13.2 Å². The van der Waals surface area contributed by atoms with E-state index < -0.39 is 19.5 Å². The van der Waals surface area contributed by atoms with Crippen molar-refractivity contribution in [3.8, 4) is 23.0 Å². The minimum Gasteiger partial charge on any atom is -0.419 e. The molecule has 0 atom stereocenters. The lowest BCUT2D eigenvalue weighted by Crippen LogP contribution is -2.10. The molecule has 0 spiro atoms. The summed E-state index contributed by atoms with van der Waals surface area (Å²) in [5.41, 5.74) is 0.396. The van der Waals surface area contributed by atoms with Gasteiger partial charge < -0.3 is 18.5 Å². The van der Waals surface area contributed by atoms with Gasteiger partial charge in [-0.15, -0.1) is 0 Å². The van der Waals surface area contributed by atoms with Crippen molar-refractivity contribution in [1.29, 1.82) is 0 Å². The summed E-state index contributed by atoms with van der Waals surface area (Å²) in [4.78, 5) is 23.6. The summed E-state index contributed by atoms with van der Waals surface area (Å²) in [6.07, 6.45) is 0. The van der Waals surface area contributed by atoms with Crippen LogP contribution < -0.4 is 18.5 Å². The van der Waals surface area contributed by atoms with Crippen LogP contribution in [0.15, 0.2) is 72.8 Å². The Bertz CT molecular complexity index is 932. The molecule has 0 aliphatic rings. The predicted molar refractivity (Wildman–Crippen MR) is 109 cm³/mol. The maximum absolute atomic E-state index is 12.9. The Balaban J connectivity index is 2.23. The van der Waals surface area contributed by atoms with Crippen LogP contribution in [0.5, 0.6) is 23.0 Å². The van der Waals surface area contributed by atoms with Crippen LogP contribution in [0, 0.1) is 0 Å². The van der Waals surface area contributed by atoms with Gasteiger partial charge in [-0.25, -0.2) is 14.2 Å². The number of hydrogen-bond acceptors (Lipinski definition) is 7. The molecule has 0 aliphatic heterocycles. The van der Waals surface area contributed by atoms with Crippen molar-refractivity contribution in [2.24, 2.45) is 0 Å². The molecule has 0 bridgehead atoms. The van der Waals surface area contributed by atoms with Gasteiger partial charge in [0.1, 0.15) is 0 Å². The summed E-state index contributed by atoms with van der Waals surface area (Å²) >= 11 is 0. The lowest BCUT2D eigenvalue weighted by atomic mass is 10.3. The number of esters is 2. The van der Waals surface area contributed by atoms with Crippen molar-refractivity contribution in [2.45, 2.75) is 13.8 Å². The van der Waals surface area contributed by atoms with Crippen molar-refractivity contribution in [1.82, 2.24) is 0 Å². The van der Waals surface area contributed by atoms with E-state index in [0.717, 1.165) is 0 Å². The minimum atomic E-state index is -3.75. The van der Waals surface area contributed by atoms with Crippen LogP contribution in [0.2, 0.25) is 0 Å². The first-order valence-electron chi connectivity index (χ1n) is 8.49. The zero-order valence-corrected chi connectivity index (χ0v) is 17.2. The smallest absolute Gasteiger partial charge is 0.419 e. The molecular formula is C21H21O7P. The second-order valence-electron chi connectivity index (χ2n) is 6.19. The SMILES string of the molecule is C=C(C)C(=O)Oc1ccccc1OP(C)(=O)Oc1ccccc1OC(=O)C(=C)C. The molecule has 0 unspecified atom stereocenters. The van der Waals surface area contributed by atoms with Crippen molar-refractivity contribution < 1.29 is 32.7 Å². The Morgan fingerprint density at radius 1 is 0.724 bits per heavy atom. The maximum Gasteiger partial charge on any atom is 0.427 e. The van der Waals surface area contributed by atoms with E-state index in [1.54, 1.807) is 24.3 Å². The number of para-hydroxylation sites is 4. The molecule has 0 heterocycles. The molecular weight excluding hydrogens is 395 g/mol. The number of carbonyl (C=O) groups is 2. The lowest BCUT2D eigenvalue weighted by molar-refractivity contribution is -0.131. The van der Waals surface area contributed by atoms with E-state index in [0.29, 0.717) is 0 Å². The fourth-order valence-corrected chi connectivity index (χ4v) is 3.02. The molecule has 0 fully saturated rings. The topological polar surface area (TPSA) is 88.1 Å². The standard InChI is InChI=1S/C21H21O7P/c1-14(2)20(22)25-16-10-6-8-12-18(16)27-29(5,24)28-19-13-9-7-11-17(19)26-21(23)15(3)4/h6-13H,1,3H2,2,4-5H3. The van der Waals surface area contributed by atoms with Crippen LogP contribution in [0.1, 0.15) is 13.8 Å². The first kappa shape index (κ1) is 22.0. The third-order valence-electron chi connectivity index (χ3n) is 3.33. The summed E-state index contributed by atoms with van der Waals surface area (Å²) < 4.78 is 34.3. The Kier molecular flexibility index (Phi) is 7.02. The summed E-state index contributed by atoms with van der Waals surface area (Å²) in [5.74, 6) is -1.08. The Morgan fingerprint density at radius 3 is 1.34 bits per heavy atom. The van der Waals surface area contributed by atoms with Gasteiger partial charge in [-0.3, -0.25) is 0 Å². The third-order valence-corrected chi connectivity index (χ3v) is 4.39. The quantitative estimate of drug-likeness (QED) is 0.261. The average Bonchev–Trinajstić information content (AvgIpc) is 2.64. The highest BCUT2D eigenvalue weighted by Gasteiger charge is 2.25. The summed E-state index contributed by atoms with van der Waals surface area (Å²) in [6, 6.07) is 12.4. The maximum atomic E-state index is 12.9. The van der Waals surface area contributed by atoms with Crippen LogP contribution >= 0.6 is 7.60 Å². The van der Waals surface area contributed by atoms with Gasteiger partial charge in [-0.05, 0) is 38.1 Å². The zero-order chi connectivity index (χ0) is 21.6. The molecule has 0 aromatic heterocycles. The van der Waals surface area contributed by atoms with Gasteiger partial charge in [-0.2, -0.15) is 0 Å². The monoisotopic (exact) mass is 416 g/mol. The van der Waals surface area contributed by atoms with Gasteiger partial charge in [0.15, 0.2) is 23.0 Å². The van der Waals surface area contributed by atoms with E-state index in [-0.39, 0.29) is 34.1 Å². The third kappa shape index (κ3) is 6.36. The molecule has 8 heteroatoms. The highest BCUT2D eigenvalue weighted by molar-refractivity contribution is 7.53. The molecule has 0 saturated carbocycles. The van der Waals surface area contributed by atoms with Gasteiger partial charge in [0.2, 0.25) is 0 Å². The van der Waals surface area contributed by atoms with Gasteiger partial charge in [-0.1, -0.05) is 37.4 Å². The fraction of sp³-hybridized carbons (Fsp3) is 0.143. The van der Waals surface area contributed by atoms with Crippen molar-refractivity contribution in [2.75, 3.05) is 6.66 Å². The molecule has 0 aliphatic carbocycles. The van der Waals surface area contributed by atoms with Crippen LogP contribution in [-0.2, 0) is 14.2 Å². The first-order chi connectivity index (χ1) is 13.6. The highest BCUT2D eigenvalue weighted by Crippen LogP contribution is 2.49. The average molecular weight is 416 g/mol. The normalized spacial score (nSPS) is 10.6. The number of benzene rings is 2. The van der Waals surface area contributed by atoms with E-state index in [1.165, 1.54) is 44.8 Å². The molecule has 0 N–H and O–H groups in total. The van der Waals surface area contributed by atoms with Crippen LogP contribution in [-0.4, -0.2) is 18.6 Å². The van der Waals surface area contributed by atoms with E-state index >= 15 is 0 Å². The second-order valence-corrected chi connectivity index (χ2v) is 8.09. The van der Waals surface area contributed by atoms with Gasteiger partial charge in [0.05, 0.1) is 6.66 Å². The number of rotatable bonds is 8. The summed E-state index contributed by atoms with van der Waals surface area (Å²) in [5, 5.41) is 0. The molecule has 2 aromatic carbocycles. The molecule has 2 aromatic rings. The van der Waals surface area contributed by atoms with Gasteiger partial charge in [0.25, 0.3) is 0 Å².